The number of carbonyl (C=O) groups is 2. The molecule has 2 N–H and O–H groups in total. The molecule has 1 aromatic carbocycles. The Kier molecular flexibility index (Phi) is 5.74. The third-order valence-corrected chi connectivity index (χ3v) is 3.28. The molecule has 2 atom stereocenters. The number of aliphatic carboxylic acids is 1. The maximum atomic E-state index is 12.0. The van der Waals surface area contributed by atoms with Crippen LogP contribution in [0.25, 0.3) is 0 Å². The van der Waals surface area contributed by atoms with Crippen LogP contribution < -0.4 is 5.32 Å². The summed E-state index contributed by atoms with van der Waals surface area (Å²) in [5.41, 5.74) is 2.59. The van der Waals surface area contributed by atoms with Crippen molar-refractivity contribution in [3.8, 4) is 0 Å². The average Bonchev–Trinajstić information content (AvgIpc) is 2.34. The van der Waals surface area contributed by atoms with Gasteiger partial charge in [-0.2, -0.15) is 0 Å². The van der Waals surface area contributed by atoms with Crippen molar-refractivity contribution in [2.45, 2.75) is 46.6 Å². The molecular formula is C16H23NO3. The first-order chi connectivity index (χ1) is 9.35. The Morgan fingerprint density at radius 1 is 1.20 bits per heavy atom. The molecule has 0 aliphatic rings. The normalized spacial score (nSPS) is 13.6. The van der Waals surface area contributed by atoms with Gasteiger partial charge in [-0.15, -0.1) is 0 Å². The van der Waals surface area contributed by atoms with Gasteiger partial charge in [0.05, 0.1) is 0 Å². The number of hydrogen-bond acceptors (Lipinski definition) is 2. The second kappa shape index (κ2) is 7.08. The predicted molar refractivity (Wildman–Crippen MR) is 78.5 cm³/mol. The largest absolute Gasteiger partial charge is 0.479 e. The first-order valence-corrected chi connectivity index (χ1v) is 6.96. The van der Waals surface area contributed by atoms with Gasteiger partial charge in [0.25, 0.3) is 0 Å². The Labute approximate surface area is 120 Å². The summed E-state index contributed by atoms with van der Waals surface area (Å²) < 4.78 is 0. The number of nitrogens with one attached hydrogen (secondary N) is 1. The van der Waals surface area contributed by atoms with E-state index in [1.165, 1.54) is 0 Å². The van der Waals surface area contributed by atoms with E-state index in [-0.39, 0.29) is 11.8 Å². The Bertz CT molecular complexity index is 476. The lowest BCUT2D eigenvalue weighted by atomic mass is 9.99. The van der Waals surface area contributed by atoms with E-state index < -0.39 is 12.0 Å². The van der Waals surface area contributed by atoms with Crippen LogP contribution in [0.1, 0.15) is 49.4 Å². The second-order valence-corrected chi connectivity index (χ2v) is 5.39. The Morgan fingerprint density at radius 2 is 1.75 bits per heavy atom. The quantitative estimate of drug-likeness (QED) is 0.840. The van der Waals surface area contributed by atoms with E-state index in [0.717, 1.165) is 24.0 Å². The summed E-state index contributed by atoms with van der Waals surface area (Å²) in [6.45, 7) is 7.65. The minimum absolute atomic E-state index is 0.173. The number of rotatable bonds is 6. The van der Waals surface area contributed by atoms with E-state index in [4.69, 9.17) is 0 Å². The molecule has 4 heteroatoms. The summed E-state index contributed by atoms with van der Waals surface area (Å²) in [5, 5.41) is 12.0. The number of carbonyl (C=O) groups excluding carboxylic acids is 1. The van der Waals surface area contributed by atoms with Gasteiger partial charge < -0.3 is 10.4 Å². The van der Waals surface area contributed by atoms with Crippen LogP contribution in [-0.2, 0) is 9.59 Å². The van der Waals surface area contributed by atoms with Crippen LogP contribution in [0.4, 0.5) is 0 Å². The molecular weight excluding hydrogens is 254 g/mol. The molecule has 0 bridgehead atoms. The third-order valence-electron chi connectivity index (χ3n) is 3.28. The first-order valence-electron chi connectivity index (χ1n) is 6.96. The number of aryl methyl sites for hydroxylation is 2. The van der Waals surface area contributed by atoms with E-state index in [9.17, 15) is 14.7 Å². The van der Waals surface area contributed by atoms with Gasteiger partial charge in [0.1, 0.15) is 0 Å². The molecule has 20 heavy (non-hydrogen) atoms. The fourth-order valence-electron chi connectivity index (χ4n) is 2.31. The summed E-state index contributed by atoms with van der Waals surface area (Å²) in [5.74, 6) is -1.42. The molecule has 2 unspecified atom stereocenters. The first kappa shape index (κ1) is 16.2. The maximum absolute atomic E-state index is 12.0. The molecule has 0 aromatic heterocycles. The van der Waals surface area contributed by atoms with E-state index in [1.54, 1.807) is 12.1 Å². The standard InChI is InChI=1S/C16H23NO3/c1-5-6-12(4)15(18)17-14(16(19)20)13-8-10(2)7-11(3)9-13/h7-9,12,14H,5-6H2,1-4H3,(H,17,18)(H,19,20). The molecule has 0 aliphatic carbocycles. The van der Waals surface area contributed by atoms with Crippen LogP contribution in [0.3, 0.4) is 0 Å². The fraction of sp³-hybridized carbons (Fsp3) is 0.500. The molecule has 0 aliphatic heterocycles. The smallest absolute Gasteiger partial charge is 0.330 e. The highest BCUT2D eigenvalue weighted by Crippen LogP contribution is 2.18. The number of hydrogen-bond donors (Lipinski definition) is 2. The minimum atomic E-state index is -1.04. The fourth-order valence-corrected chi connectivity index (χ4v) is 2.31. The van der Waals surface area contributed by atoms with Crippen molar-refractivity contribution in [2.24, 2.45) is 5.92 Å². The van der Waals surface area contributed by atoms with Gasteiger partial charge in [0, 0.05) is 5.92 Å². The minimum Gasteiger partial charge on any atom is -0.479 e. The molecule has 0 fully saturated rings. The van der Waals surface area contributed by atoms with Crippen LogP contribution in [0.15, 0.2) is 18.2 Å². The Morgan fingerprint density at radius 3 is 2.20 bits per heavy atom. The predicted octanol–water partition coefficient (Wildman–Crippen LogP) is 2.98. The zero-order valence-electron chi connectivity index (χ0n) is 12.6. The summed E-state index contributed by atoms with van der Waals surface area (Å²) in [7, 11) is 0. The highest BCUT2D eigenvalue weighted by molar-refractivity contribution is 5.85. The molecule has 1 amide bonds. The van der Waals surface area contributed by atoms with E-state index in [1.807, 2.05) is 33.8 Å². The van der Waals surface area contributed by atoms with E-state index >= 15 is 0 Å². The van der Waals surface area contributed by atoms with Gasteiger partial charge in [-0.05, 0) is 25.8 Å². The van der Waals surface area contributed by atoms with Gasteiger partial charge in [0.2, 0.25) is 5.91 Å². The van der Waals surface area contributed by atoms with Gasteiger partial charge in [0.15, 0.2) is 6.04 Å². The molecule has 0 saturated heterocycles. The Balaban J connectivity index is 2.95. The van der Waals surface area contributed by atoms with Crippen molar-refractivity contribution < 1.29 is 14.7 Å². The molecule has 1 rings (SSSR count). The van der Waals surface area contributed by atoms with Crippen LogP contribution in [0.5, 0.6) is 0 Å². The summed E-state index contributed by atoms with van der Waals surface area (Å²) in [6, 6.07) is 4.59. The number of carboxylic acids is 1. The van der Waals surface area contributed by atoms with Crippen molar-refractivity contribution in [1.82, 2.24) is 5.32 Å². The van der Waals surface area contributed by atoms with E-state index in [2.05, 4.69) is 5.32 Å². The monoisotopic (exact) mass is 277 g/mol. The number of amides is 1. The summed E-state index contributed by atoms with van der Waals surface area (Å²) in [4.78, 5) is 23.4. The molecule has 4 nitrogen and oxygen atoms in total. The van der Waals surface area contributed by atoms with Gasteiger partial charge in [-0.3, -0.25) is 4.79 Å². The molecule has 110 valence electrons. The number of benzene rings is 1. The van der Waals surface area contributed by atoms with Crippen molar-refractivity contribution in [2.75, 3.05) is 0 Å². The SMILES string of the molecule is CCCC(C)C(=O)NC(C(=O)O)c1cc(C)cc(C)c1. The maximum Gasteiger partial charge on any atom is 0.330 e. The lowest BCUT2D eigenvalue weighted by molar-refractivity contribution is -0.142. The lowest BCUT2D eigenvalue weighted by Gasteiger charge is -2.18. The van der Waals surface area contributed by atoms with E-state index in [0.29, 0.717) is 5.56 Å². The van der Waals surface area contributed by atoms with Crippen molar-refractivity contribution in [1.29, 1.82) is 0 Å². The average molecular weight is 277 g/mol. The molecule has 0 radical (unpaired) electrons. The van der Waals surface area contributed by atoms with Gasteiger partial charge >= 0.3 is 5.97 Å². The molecule has 0 heterocycles. The topological polar surface area (TPSA) is 66.4 Å². The molecule has 0 saturated carbocycles. The number of carboxylic acid groups (broad SMARTS) is 1. The lowest BCUT2D eigenvalue weighted by Crippen LogP contribution is -2.37. The van der Waals surface area contributed by atoms with Crippen molar-refractivity contribution in [3.05, 3.63) is 34.9 Å². The highest BCUT2D eigenvalue weighted by atomic mass is 16.4. The van der Waals surface area contributed by atoms with Crippen molar-refractivity contribution >= 4 is 11.9 Å². The van der Waals surface area contributed by atoms with Gasteiger partial charge in [-0.25, -0.2) is 4.79 Å². The van der Waals surface area contributed by atoms with Crippen LogP contribution >= 0.6 is 0 Å². The zero-order chi connectivity index (χ0) is 15.3. The van der Waals surface area contributed by atoms with Gasteiger partial charge in [-0.1, -0.05) is 49.6 Å². The van der Waals surface area contributed by atoms with Crippen LogP contribution in [0.2, 0.25) is 0 Å². The molecule has 1 aromatic rings. The van der Waals surface area contributed by atoms with Crippen molar-refractivity contribution in [3.63, 3.8) is 0 Å². The summed E-state index contributed by atoms with van der Waals surface area (Å²) in [6.07, 6.45) is 1.65. The highest BCUT2D eigenvalue weighted by Gasteiger charge is 2.24. The zero-order valence-corrected chi connectivity index (χ0v) is 12.6. The Hall–Kier alpha value is -1.84. The van der Waals surface area contributed by atoms with Crippen LogP contribution in [-0.4, -0.2) is 17.0 Å². The summed E-state index contributed by atoms with van der Waals surface area (Å²) >= 11 is 0. The molecule has 0 spiro atoms. The van der Waals surface area contributed by atoms with Crippen LogP contribution in [0, 0.1) is 19.8 Å². The third kappa shape index (κ3) is 4.37. The second-order valence-electron chi connectivity index (χ2n) is 5.39.